The molecule has 1 atom stereocenters. The van der Waals surface area contributed by atoms with E-state index in [2.05, 4.69) is 22.5 Å². The molecule has 0 aromatic carbocycles. The lowest BCUT2D eigenvalue weighted by Crippen LogP contribution is -2.43. The summed E-state index contributed by atoms with van der Waals surface area (Å²) in [6.45, 7) is 13.1. The monoisotopic (exact) mass is 470 g/mol. The first kappa shape index (κ1) is 24.2. The maximum absolute atomic E-state index is 11.9. The fourth-order valence-electron chi connectivity index (χ4n) is 2.32. The second-order valence-electron chi connectivity index (χ2n) is 7.43. The summed E-state index contributed by atoms with van der Waals surface area (Å²) in [5.41, 5.74) is -0.637. The van der Waals surface area contributed by atoms with Crippen LogP contribution < -0.4 is 10.6 Å². The molecular weight excluding hydrogens is 435 g/mol. The van der Waals surface area contributed by atoms with Crippen LogP contribution in [0.15, 0.2) is 4.99 Å². The molecule has 1 aliphatic heterocycles. The smallest absolute Gasteiger partial charge is 0.410 e. The molecule has 0 bridgehead atoms. The van der Waals surface area contributed by atoms with Gasteiger partial charge in [0, 0.05) is 33.3 Å². The summed E-state index contributed by atoms with van der Waals surface area (Å²) in [7, 11) is 1.73. The Bertz CT molecular complexity index is 432. The molecular formula is C17H35IN4O3. The highest BCUT2D eigenvalue weighted by molar-refractivity contribution is 14.0. The molecule has 0 aliphatic carbocycles. The highest BCUT2D eigenvalue weighted by Crippen LogP contribution is 2.24. The van der Waals surface area contributed by atoms with Gasteiger partial charge >= 0.3 is 6.09 Å². The van der Waals surface area contributed by atoms with Crippen molar-refractivity contribution in [3.05, 3.63) is 0 Å². The van der Waals surface area contributed by atoms with Crippen LogP contribution in [0.4, 0.5) is 4.79 Å². The van der Waals surface area contributed by atoms with Gasteiger partial charge in [-0.05, 0) is 47.5 Å². The van der Waals surface area contributed by atoms with Crippen molar-refractivity contribution in [3.63, 3.8) is 0 Å². The van der Waals surface area contributed by atoms with E-state index in [0.29, 0.717) is 19.6 Å². The number of amides is 1. The average molecular weight is 470 g/mol. The van der Waals surface area contributed by atoms with Crippen molar-refractivity contribution in [3.8, 4) is 0 Å². The summed E-state index contributed by atoms with van der Waals surface area (Å²) >= 11 is 0. The fourth-order valence-corrected chi connectivity index (χ4v) is 2.32. The summed E-state index contributed by atoms with van der Waals surface area (Å²) in [6, 6.07) is 0. The molecule has 148 valence electrons. The van der Waals surface area contributed by atoms with Crippen molar-refractivity contribution in [2.75, 3.05) is 39.8 Å². The number of guanidine groups is 1. The predicted octanol–water partition coefficient (Wildman–Crippen LogP) is 2.60. The van der Waals surface area contributed by atoms with E-state index in [1.165, 1.54) is 0 Å². The van der Waals surface area contributed by atoms with Crippen LogP contribution in [0.3, 0.4) is 0 Å². The maximum atomic E-state index is 11.9. The predicted molar refractivity (Wildman–Crippen MR) is 112 cm³/mol. The van der Waals surface area contributed by atoms with E-state index in [-0.39, 0.29) is 35.7 Å². The van der Waals surface area contributed by atoms with Gasteiger partial charge in [-0.1, -0.05) is 0 Å². The molecule has 1 aliphatic rings. The quantitative estimate of drug-likeness (QED) is 0.355. The van der Waals surface area contributed by atoms with Gasteiger partial charge in [0.1, 0.15) is 5.60 Å². The molecule has 1 unspecified atom stereocenters. The zero-order valence-corrected chi connectivity index (χ0v) is 18.8. The van der Waals surface area contributed by atoms with Crippen LogP contribution in [0.5, 0.6) is 0 Å². The Morgan fingerprint density at radius 2 is 2.04 bits per heavy atom. The third-order valence-electron chi connectivity index (χ3n) is 3.66. The lowest BCUT2D eigenvalue weighted by Gasteiger charge is -2.25. The molecule has 1 amide bonds. The van der Waals surface area contributed by atoms with Gasteiger partial charge in [0.15, 0.2) is 5.96 Å². The van der Waals surface area contributed by atoms with Crippen LogP contribution in [0.25, 0.3) is 0 Å². The van der Waals surface area contributed by atoms with Crippen molar-refractivity contribution >= 4 is 36.0 Å². The molecule has 1 fully saturated rings. The molecule has 1 heterocycles. The lowest BCUT2D eigenvalue weighted by molar-refractivity contribution is 0.0283. The summed E-state index contributed by atoms with van der Waals surface area (Å²) in [6.07, 6.45) is 1.81. The Hall–Kier alpha value is -0.770. The topological polar surface area (TPSA) is 75.2 Å². The van der Waals surface area contributed by atoms with E-state index in [9.17, 15) is 4.79 Å². The van der Waals surface area contributed by atoms with E-state index >= 15 is 0 Å². The number of nitrogens with one attached hydrogen (secondary N) is 2. The third kappa shape index (κ3) is 10.1. The molecule has 0 aromatic heterocycles. The Morgan fingerprint density at radius 3 is 2.56 bits per heavy atom. The second kappa shape index (κ2) is 11.1. The number of hydrogen-bond donors (Lipinski definition) is 2. The number of halogens is 1. The molecule has 0 aromatic rings. The number of carbonyl (C=O) groups excluding carboxylic acids is 1. The zero-order valence-electron chi connectivity index (χ0n) is 16.5. The van der Waals surface area contributed by atoms with Crippen molar-refractivity contribution in [1.82, 2.24) is 15.5 Å². The molecule has 25 heavy (non-hydrogen) atoms. The number of carbonyl (C=O) groups is 1. The SMILES string of the molecule is CCNC(=NCC1(C)CCCO1)NCCN(C)C(=O)OC(C)(C)C.I. The summed E-state index contributed by atoms with van der Waals surface area (Å²) in [5, 5.41) is 6.46. The van der Waals surface area contributed by atoms with Crippen LogP contribution in [0.2, 0.25) is 0 Å². The first-order chi connectivity index (χ1) is 11.2. The molecule has 0 spiro atoms. The van der Waals surface area contributed by atoms with Crippen molar-refractivity contribution in [1.29, 1.82) is 0 Å². The largest absolute Gasteiger partial charge is 0.444 e. The molecule has 8 heteroatoms. The van der Waals surface area contributed by atoms with E-state index in [1.807, 2.05) is 27.7 Å². The molecule has 0 radical (unpaired) electrons. The highest BCUT2D eigenvalue weighted by Gasteiger charge is 2.29. The lowest BCUT2D eigenvalue weighted by atomic mass is 10.0. The first-order valence-corrected chi connectivity index (χ1v) is 8.75. The van der Waals surface area contributed by atoms with Crippen molar-refractivity contribution in [2.24, 2.45) is 4.99 Å². The third-order valence-corrected chi connectivity index (χ3v) is 3.66. The first-order valence-electron chi connectivity index (χ1n) is 8.75. The van der Waals surface area contributed by atoms with Gasteiger partial charge in [-0.15, -0.1) is 24.0 Å². The van der Waals surface area contributed by atoms with Crippen LogP contribution in [-0.2, 0) is 9.47 Å². The van der Waals surface area contributed by atoms with E-state index in [0.717, 1.165) is 32.0 Å². The van der Waals surface area contributed by atoms with Crippen molar-refractivity contribution < 1.29 is 14.3 Å². The van der Waals surface area contributed by atoms with Gasteiger partial charge in [0.05, 0.1) is 12.1 Å². The number of nitrogens with zero attached hydrogens (tertiary/aromatic N) is 2. The van der Waals surface area contributed by atoms with E-state index < -0.39 is 5.60 Å². The van der Waals surface area contributed by atoms with Gasteiger partial charge in [-0.25, -0.2) is 4.79 Å². The normalized spacial score (nSPS) is 20.6. The number of hydrogen-bond acceptors (Lipinski definition) is 4. The Kier molecular flexibility index (Phi) is 10.7. The molecule has 2 N–H and O–H groups in total. The van der Waals surface area contributed by atoms with E-state index in [1.54, 1.807) is 11.9 Å². The average Bonchev–Trinajstić information content (AvgIpc) is 2.90. The van der Waals surface area contributed by atoms with E-state index in [4.69, 9.17) is 9.47 Å². The molecule has 1 saturated heterocycles. The standard InChI is InChI=1S/C17H34N4O3.HI/c1-7-18-14(20-13-17(5)9-8-12-23-17)19-10-11-21(6)15(22)24-16(2,3)4;/h7-13H2,1-6H3,(H2,18,19,20);1H. The van der Waals surface area contributed by atoms with Crippen LogP contribution >= 0.6 is 24.0 Å². The van der Waals surface area contributed by atoms with Crippen LogP contribution in [0.1, 0.15) is 47.5 Å². The molecule has 1 rings (SSSR count). The van der Waals surface area contributed by atoms with Gasteiger partial charge < -0.3 is 25.0 Å². The minimum absolute atomic E-state index is 0. The molecule has 0 saturated carbocycles. The Balaban J connectivity index is 0.00000576. The number of rotatable bonds is 6. The van der Waals surface area contributed by atoms with Gasteiger partial charge in [-0.3, -0.25) is 4.99 Å². The minimum atomic E-state index is -0.480. The van der Waals surface area contributed by atoms with Gasteiger partial charge in [-0.2, -0.15) is 0 Å². The highest BCUT2D eigenvalue weighted by atomic mass is 127. The fraction of sp³-hybridized carbons (Fsp3) is 0.882. The van der Waals surface area contributed by atoms with Gasteiger partial charge in [0.25, 0.3) is 0 Å². The van der Waals surface area contributed by atoms with Crippen LogP contribution in [-0.4, -0.2) is 68.0 Å². The van der Waals surface area contributed by atoms with Gasteiger partial charge in [0.2, 0.25) is 0 Å². The number of likely N-dealkylation sites (N-methyl/N-ethyl adjacent to an activating group) is 1. The summed E-state index contributed by atoms with van der Waals surface area (Å²) < 4.78 is 11.1. The number of aliphatic imine (C=N–C) groups is 1. The Morgan fingerprint density at radius 1 is 1.36 bits per heavy atom. The summed E-state index contributed by atoms with van der Waals surface area (Å²) in [5.74, 6) is 0.742. The Labute approximate surface area is 169 Å². The number of ether oxygens (including phenoxy) is 2. The van der Waals surface area contributed by atoms with Crippen LogP contribution in [0, 0.1) is 0 Å². The van der Waals surface area contributed by atoms with Crippen molar-refractivity contribution in [2.45, 2.75) is 58.7 Å². The minimum Gasteiger partial charge on any atom is -0.444 e. The zero-order chi connectivity index (χ0) is 18.2. The molecule has 7 nitrogen and oxygen atoms in total. The second-order valence-corrected chi connectivity index (χ2v) is 7.43. The summed E-state index contributed by atoms with van der Waals surface area (Å²) in [4.78, 5) is 18.1. The maximum Gasteiger partial charge on any atom is 0.410 e.